The van der Waals surface area contributed by atoms with E-state index >= 15 is 0 Å². The second kappa shape index (κ2) is 7.40. The number of amides is 2. The van der Waals surface area contributed by atoms with Gasteiger partial charge in [0.2, 0.25) is 0 Å². The fourth-order valence-electron chi connectivity index (χ4n) is 1.57. The topological polar surface area (TPSA) is 98.3 Å². The van der Waals surface area contributed by atoms with Crippen molar-refractivity contribution in [3.63, 3.8) is 0 Å². The van der Waals surface area contributed by atoms with Gasteiger partial charge in [-0.3, -0.25) is 9.89 Å². The van der Waals surface area contributed by atoms with Crippen molar-refractivity contribution in [3.8, 4) is 0 Å². The predicted molar refractivity (Wildman–Crippen MR) is 69.5 cm³/mol. The summed E-state index contributed by atoms with van der Waals surface area (Å²) in [5, 5.41) is 18.0. The maximum Gasteiger partial charge on any atom is 0.317 e. The van der Waals surface area contributed by atoms with E-state index in [1.165, 1.54) is 0 Å². The first-order valence-electron chi connectivity index (χ1n) is 6.20. The van der Waals surface area contributed by atoms with Crippen LogP contribution < -0.4 is 5.32 Å². The lowest BCUT2D eigenvalue weighted by Crippen LogP contribution is -2.37. The molecule has 0 radical (unpaired) electrons. The number of carboxylic acids is 1. The number of carboxylic acid groups (broad SMARTS) is 1. The van der Waals surface area contributed by atoms with E-state index in [0.29, 0.717) is 25.9 Å². The van der Waals surface area contributed by atoms with Gasteiger partial charge in [-0.1, -0.05) is 6.92 Å². The minimum absolute atomic E-state index is 0.177. The number of aliphatic carboxylic acids is 1. The van der Waals surface area contributed by atoms with Crippen LogP contribution in [-0.4, -0.2) is 45.8 Å². The summed E-state index contributed by atoms with van der Waals surface area (Å²) in [7, 11) is 1.70. The van der Waals surface area contributed by atoms with Crippen molar-refractivity contribution >= 4 is 12.0 Å². The fraction of sp³-hybridized carbons (Fsp3) is 0.583. The zero-order valence-corrected chi connectivity index (χ0v) is 11.2. The molecule has 1 unspecified atom stereocenters. The molecule has 3 N–H and O–H groups in total. The van der Waals surface area contributed by atoms with Crippen molar-refractivity contribution in [1.82, 2.24) is 20.4 Å². The molecule has 0 spiro atoms. The zero-order chi connectivity index (χ0) is 14.3. The second-order valence-corrected chi connectivity index (χ2v) is 4.58. The van der Waals surface area contributed by atoms with Gasteiger partial charge in [0.05, 0.1) is 18.7 Å². The number of urea groups is 1. The number of H-pyrrole nitrogens is 1. The number of rotatable bonds is 7. The lowest BCUT2D eigenvalue weighted by atomic mass is 10.1. The van der Waals surface area contributed by atoms with Gasteiger partial charge in [-0.25, -0.2) is 4.79 Å². The molecule has 1 atom stereocenters. The molecule has 1 heterocycles. The van der Waals surface area contributed by atoms with Gasteiger partial charge in [0.15, 0.2) is 0 Å². The minimum Gasteiger partial charge on any atom is -0.481 e. The molecule has 0 aliphatic rings. The van der Waals surface area contributed by atoms with Crippen molar-refractivity contribution < 1.29 is 14.7 Å². The number of aromatic amines is 1. The molecule has 0 aliphatic carbocycles. The van der Waals surface area contributed by atoms with E-state index in [2.05, 4.69) is 15.5 Å². The average molecular weight is 268 g/mol. The molecule has 106 valence electrons. The third-order valence-electron chi connectivity index (χ3n) is 2.83. The highest BCUT2D eigenvalue weighted by Crippen LogP contribution is 2.04. The van der Waals surface area contributed by atoms with Gasteiger partial charge in [0.25, 0.3) is 0 Å². The molecule has 0 bridgehead atoms. The van der Waals surface area contributed by atoms with E-state index in [-0.39, 0.29) is 11.9 Å². The van der Waals surface area contributed by atoms with Gasteiger partial charge in [-0.2, -0.15) is 5.10 Å². The lowest BCUT2D eigenvalue weighted by molar-refractivity contribution is -0.141. The molecule has 0 saturated carbocycles. The first kappa shape index (κ1) is 15.0. The summed E-state index contributed by atoms with van der Waals surface area (Å²) in [5.41, 5.74) is 0.928. The molecular formula is C12H20N4O3. The third kappa shape index (κ3) is 5.41. The molecule has 1 aromatic rings. The van der Waals surface area contributed by atoms with Crippen LogP contribution in [0.4, 0.5) is 4.79 Å². The van der Waals surface area contributed by atoms with E-state index < -0.39 is 5.97 Å². The molecule has 0 fully saturated rings. The Kier molecular flexibility index (Phi) is 5.84. The lowest BCUT2D eigenvalue weighted by Gasteiger charge is -2.17. The summed E-state index contributed by atoms with van der Waals surface area (Å²) in [6.45, 7) is 2.62. The third-order valence-corrected chi connectivity index (χ3v) is 2.83. The quantitative estimate of drug-likeness (QED) is 0.644. The highest BCUT2D eigenvalue weighted by Gasteiger charge is 2.11. The van der Waals surface area contributed by atoms with Gasteiger partial charge in [0, 0.05) is 25.4 Å². The van der Waals surface area contributed by atoms with E-state index in [1.807, 2.05) is 0 Å². The summed E-state index contributed by atoms with van der Waals surface area (Å²) in [6, 6.07) is -0.177. The smallest absolute Gasteiger partial charge is 0.317 e. The van der Waals surface area contributed by atoms with Crippen molar-refractivity contribution in [2.45, 2.75) is 26.3 Å². The van der Waals surface area contributed by atoms with Gasteiger partial charge in [-0.05, 0) is 12.8 Å². The molecule has 19 heavy (non-hydrogen) atoms. The van der Waals surface area contributed by atoms with E-state index in [4.69, 9.17) is 5.11 Å². The van der Waals surface area contributed by atoms with Crippen LogP contribution in [-0.2, 0) is 11.3 Å². The van der Waals surface area contributed by atoms with E-state index in [1.54, 1.807) is 31.3 Å². The summed E-state index contributed by atoms with van der Waals surface area (Å²) in [4.78, 5) is 23.9. The molecule has 1 aromatic heterocycles. The molecular weight excluding hydrogens is 248 g/mol. The van der Waals surface area contributed by atoms with Gasteiger partial charge >= 0.3 is 12.0 Å². The monoisotopic (exact) mass is 268 g/mol. The summed E-state index contributed by atoms with van der Waals surface area (Å²) >= 11 is 0. The zero-order valence-electron chi connectivity index (χ0n) is 11.2. The Morgan fingerprint density at radius 2 is 2.32 bits per heavy atom. The normalized spacial score (nSPS) is 11.9. The van der Waals surface area contributed by atoms with Crippen LogP contribution in [0.3, 0.4) is 0 Å². The first-order chi connectivity index (χ1) is 9.00. The minimum atomic E-state index is -0.802. The number of aromatic nitrogens is 2. The van der Waals surface area contributed by atoms with Crippen molar-refractivity contribution in [3.05, 3.63) is 18.0 Å². The van der Waals surface area contributed by atoms with Crippen molar-refractivity contribution in [2.24, 2.45) is 5.92 Å². The molecule has 0 aromatic carbocycles. The number of carbonyl (C=O) groups excluding carboxylic acids is 1. The highest BCUT2D eigenvalue weighted by atomic mass is 16.4. The Labute approximate surface area is 112 Å². The fourth-order valence-corrected chi connectivity index (χ4v) is 1.57. The Hall–Kier alpha value is -2.05. The van der Waals surface area contributed by atoms with Crippen LogP contribution in [0.1, 0.15) is 25.3 Å². The van der Waals surface area contributed by atoms with Crippen LogP contribution in [0, 0.1) is 5.92 Å². The number of hydrogen-bond acceptors (Lipinski definition) is 3. The number of hydrogen-bond donors (Lipinski definition) is 3. The van der Waals surface area contributed by atoms with Crippen LogP contribution in [0.2, 0.25) is 0 Å². The maximum atomic E-state index is 11.7. The number of carbonyl (C=O) groups is 2. The standard InChI is InChI=1S/C12H20N4O3/c1-9(11(17)18)4-3-5-13-12(19)16(2)8-10-6-14-15-7-10/h6-7,9H,3-5,8H2,1-2H3,(H,13,19)(H,14,15)(H,17,18). The molecule has 0 saturated heterocycles. The summed E-state index contributed by atoms with van der Waals surface area (Å²) in [5.74, 6) is -1.18. The molecule has 1 rings (SSSR count). The van der Waals surface area contributed by atoms with Crippen LogP contribution in [0.5, 0.6) is 0 Å². The highest BCUT2D eigenvalue weighted by molar-refractivity contribution is 5.73. The number of nitrogens with zero attached hydrogens (tertiary/aromatic N) is 2. The van der Waals surface area contributed by atoms with E-state index in [0.717, 1.165) is 5.56 Å². The van der Waals surface area contributed by atoms with Crippen molar-refractivity contribution in [2.75, 3.05) is 13.6 Å². The Bertz CT molecular complexity index is 405. The number of nitrogens with one attached hydrogen (secondary N) is 2. The predicted octanol–water partition coefficient (Wildman–Crippen LogP) is 1.05. The van der Waals surface area contributed by atoms with Gasteiger partial charge < -0.3 is 15.3 Å². The molecule has 7 heteroatoms. The van der Waals surface area contributed by atoms with Gasteiger partial charge in [-0.15, -0.1) is 0 Å². The van der Waals surface area contributed by atoms with Crippen molar-refractivity contribution in [1.29, 1.82) is 0 Å². The maximum absolute atomic E-state index is 11.7. The van der Waals surface area contributed by atoms with Gasteiger partial charge in [0.1, 0.15) is 0 Å². The largest absolute Gasteiger partial charge is 0.481 e. The second-order valence-electron chi connectivity index (χ2n) is 4.58. The van der Waals surface area contributed by atoms with Crippen LogP contribution >= 0.6 is 0 Å². The molecule has 7 nitrogen and oxygen atoms in total. The Balaban J connectivity index is 2.18. The van der Waals surface area contributed by atoms with Crippen LogP contribution in [0.25, 0.3) is 0 Å². The summed E-state index contributed by atoms with van der Waals surface area (Å²) in [6.07, 6.45) is 4.61. The molecule has 0 aliphatic heterocycles. The Morgan fingerprint density at radius 3 is 2.89 bits per heavy atom. The first-order valence-corrected chi connectivity index (χ1v) is 6.20. The SMILES string of the molecule is CC(CCCNC(=O)N(C)Cc1cn[nH]c1)C(=O)O. The molecule has 2 amide bonds. The van der Waals surface area contributed by atoms with E-state index in [9.17, 15) is 9.59 Å². The van der Waals surface area contributed by atoms with Crippen LogP contribution in [0.15, 0.2) is 12.4 Å². The average Bonchev–Trinajstić information content (AvgIpc) is 2.86. The Morgan fingerprint density at radius 1 is 1.58 bits per heavy atom. The summed E-state index contributed by atoms with van der Waals surface area (Å²) < 4.78 is 0.